The van der Waals surface area contributed by atoms with Crippen molar-refractivity contribution in [3.63, 3.8) is 0 Å². The fourth-order valence-electron chi connectivity index (χ4n) is 2.36. The topological polar surface area (TPSA) is 47.3 Å². The number of aryl methyl sites for hydroxylation is 2. The van der Waals surface area contributed by atoms with Crippen molar-refractivity contribution >= 4 is 17.3 Å². The summed E-state index contributed by atoms with van der Waals surface area (Å²) in [5, 5.41) is 0.463. The summed E-state index contributed by atoms with van der Waals surface area (Å²) in [6, 6.07) is 15.7. The Morgan fingerprint density at radius 1 is 0.952 bits per heavy atom. The van der Waals surface area contributed by atoms with Gasteiger partial charge < -0.3 is 4.42 Å². The highest BCUT2D eigenvalue weighted by molar-refractivity contribution is 5.84. The van der Waals surface area contributed by atoms with Crippen LogP contribution in [0, 0.1) is 0 Å². The molecule has 0 saturated heterocycles. The third-order valence-corrected chi connectivity index (χ3v) is 3.54. The molecule has 0 aliphatic heterocycles. The number of hydrogen-bond donors (Lipinski definition) is 0. The molecule has 104 valence electrons. The molecule has 0 amide bonds. The van der Waals surface area contributed by atoms with Gasteiger partial charge in [-0.2, -0.15) is 0 Å². The minimum atomic E-state index is -0.271. The van der Waals surface area contributed by atoms with Crippen molar-refractivity contribution in [3.05, 3.63) is 81.7 Å². The summed E-state index contributed by atoms with van der Waals surface area (Å²) in [5.74, 6) is 0. The molecule has 3 rings (SSSR count). The Bertz CT molecular complexity index is 832. The molecular weight excluding hydrogens is 264 g/mol. The lowest BCUT2D eigenvalue weighted by Gasteiger charge is -2.04. The second kappa shape index (κ2) is 5.75. The standard InChI is InChI=1S/C18H14O3/c19-11-15-12-21-17-9-8-14(10-16(17)18(15)20)7-6-13-4-2-1-3-5-13/h1-5,8-12H,6-7H2. The molecule has 0 fully saturated rings. The average molecular weight is 278 g/mol. The summed E-state index contributed by atoms with van der Waals surface area (Å²) in [6.45, 7) is 0. The lowest BCUT2D eigenvalue weighted by molar-refractivity contribution is 0.112. The number of rotatable bonds is 4. The first-order valence-electron chi connectivity index (χ1n) is 6.81. The largest absolute Gasteiger partial charge is 0.463 e. The van der Waals surface area contributed by atoms with Crippen LogP contribution in [-0.2, 0) is 12.8 Å². The molecule has 1 heterocycles. The highest BCUT2D eigenvalue weighted by Crippen LogP contribution is 2.15. The van der Waals surface area contributed by atoms with Gasteiger partial charge in [0.05, 0.1) is 10.9 Å². The van der Waals surface area contributed by atoms with Gasteiger partial charge in [-0.05, 0) is 36.1 Å². The minimum absolute atomic E-state index is 0.0581. The van der Waals surface area contributed by atoms with E-state index in [1.165, 1.54) is 11.8 Å². The second-order valence-corrected chi connectivity index (χ2v) is 4.95. The maximum atomic E-state index is 12.1. The summed E-state index contributed by atoms with van der Waals surface area (Å²) in [4.78, 5) is 22.9. The van der Waals surface area contributed by atoms with Crippen LogP contribution in [0.3, 0.4) is 0 Å². The maximum Gasteiger partial charge on any atom is 0.203 e. The summed E-state index contributed by atoms with van der Waals surface area (Å²) in [7, 11) is 0. The van der Waals surface area contributed by atoms with E-state index in [-0.39, 0.29) is 11.0 Å². The van der Waals surface area contributed by atoms with Gasteiger partial charge in [0.25, 0.3) is 0 Å². The van der Waals surface area contributed by atoms with Crippen LogP contribution in [0.2, 0.25) is 0 Å². The molecule has 0 aliphatic carbocycles. The van der Waals surface area contributed by atoms with Gasteiger partial charge in [-0.1, -0.05) is 36.4 Å². The van der Waals surface area contributed by atoms with Crippen LogP contribution in [0.15, 0.2) is 64.0 Å². The monoisotopic (exact) mass is 278 g/mol. The normalized spacial score (nSPS) is 10.7. The molecule has 0 atom stereocenters. The summed E-state index contributed by atoms with van der Waals surface area (Å²) < 4.78 is 5.30. The Labute approximate surface area is 121 Å². The van der Waals surface area contributed by atoms with Crippen LogP contribution in [0.1, 0.15) is 21.5 Å². The average Bonchev–Trinajstić information content (AvgIpc) is 2.54. The summed E-state index contributed by atoms with van der Waals surface area (Å²) >= 11 is 0. The maximum absolute atomic E-state index is 12.1. The molecule has 1 aromatic heterocycles. The van der Waals surface area contributed by atoms with Crippen LogP contribution in [-0.4, -0.2) is 6.29 Å². The van der Waals surface area contributed by atoms with Crippen molar-refractivity contribution in [2.45, 2.75) is 12.8 Å². The van der Waals surface area contributed by atoms with E-state index in [2.05, 4.69) is 12.1 Å². The van der Waals surface area contributed by atoms with E-state index in [9.17, 15) is 9.59 Å². The highest BCUT2D eigenvalue weighted by Gasteiger charge is 2.07. The minimum Gasteiger partial charge on any atom is -0.463 e. The van der Waals surface area contributed by atoms with Gasteiger partial charge in [-0.15, -0.1) is 0 Å². The van der Waals surface area contributed by atoms with Gasteiger partial charge in [0.15, 0.2) is 6.29 Å². The molecule has 3 aromatic rings. The van der Waals surface area contributed by atoms with Crippen LogP contribution >= 0.6 is 0 Å². The Morgan fingerprint density at radius 3 is 2.48 bits per heavy atom. The smallest absolute Gasteiger partial charge is 0.203 e. The van der Waals surface area contributed by atoms with Gasteiger partial charge in [-0.25, -0.2) is 0 Å². The van der Waals surface area contributed by atoms with Crippen molar-refractivity contribution in [2.75, 3.05) is 0 Å². The Morgan fingerprint density at radius 2 is 1.71 bits per heavy atom. The SMILES string of the molecule is O=Cc1coc2ccc(CCc3ccccc3)cc2c1=O. The first-order chi connectivity index (χ1) is 10.3. The van der Waals surface area contributed by atoms with E-state index in [4.69, 9.17) is 4.42 Å². The van der Waals surface area contributed by atoms with Gasteiger partial charge in [0.1, 0.15) is 11.8 Å². The quantitative estimate of drug-likeness (QED) is 0.687. The Balaban J connectivity index is 1.91. The molecule has 21 heavy (non-hydrogen) atoms. The molecule has 0 saturated carbocycles. The second-order valence-electron chi connectivity index (χ2n) is 4.95. The van der Waals surface area contributed by atoms with E-state index in [0.717, 1.165) is 18.4 Å². The Kier molecular flexibility index (Phi) is 3.65. The molecule has 2 aromatic carbocycles. The predicted molar refractivity (Wildman–Crippen MR) is 81.7 cm³/mol. The molecule has 0 unspecified atom stereocenters. The molecular formula is C18H14O3. The first kappa shape index (κ1) is 13.3. The number of aldehydes is 1. The van der Waals surface area contributed by atoms with Crippen molar-refractivity contribution in [1.29, 1.82) is 0 Å². The molecule has 0 spiro atoms. The van der Waals surface area contributed by atoms with Crippen LogP contribution < -0.4 is 5.43 Å². The predicted octanol–water partition coefficient (Wildman–Crippen LogP) is 3.39. The van der Waals surface area contributed by atoms with Crippen molar-refractivity contribution in [3.8, 4) is 0 Å². The van der Waals surface area contributed by atoms with E-state index < -0.39 is 0 Å². The number of carbonyl (C=O) groups is 1. The van der Waals surface area contributed by atoms with E-state index >= 15 is 0 Å². The summed E-state index contributed by atoms with van der Waals surface area (Å²) in [5.41, 5.74) is 2.61. The lowest BCUT2D eigenvalue weighted by atomic mass is 10.0. The fourth-order valence-corrected chi connectivity index (χ4v) is 2.36. The number of benzene rings is 2. The number of fused-ring (bicyclic) bond motifs is 1. The molecule has 0 N–H and O–H groups in total. The Hall–Kier alpha value is -2.68. The van der Waals surface area contributed by atoms with Crippen LogP contribution in [0.4, 0.5) is 0 Å². The van der Waals surface area contributed by atoms with Gasteiger partial charge >= 0.3 is 0 Å². The van der Waals surface area contributed by atoms with E-state index in [0.29, 0.717) is 17.3 Å². The third kappa shape index (κ3) is 2.77. The number of hydrogen-bond acceptors (Lipinski definition) is 3. The number of carbonyl (C=O) groups excluding carboxylic acids is 1. The highest BCUT2D eigenvalue weighted by atomic mass is 16.3. The molecule has 3 heteroatoms. The van der Waals surface area contributed by atoms with Crippen LogP contribution in [0.25, 0.3) is 11.0 Å². The zero-order chi connectivity index (χ0) is 14.7. The first-order valence-corrected chi connectivity index (χ1v) is 6.81. The zero-order valence-corrected chi connectivity index (χ0v) is 11.4. The van der Waals surface area contributed by atoms with Crippen LogP contribution in [0.5, 0.6) is 0 Å². The van der Waals surface area contributed by atoms with Crippen molar-refractivity contribution < 1.29 is 9.21 Å². The summed E-state index contributed by atoms with van der Waals surface area (Å²) in [6.07, 6.45) is 3.49. The third-order valence-electron chi connectivity index (χ3n) is 3.54. The molecule has 3 nitrogen and oxygen atoms in total. The molecule has 0 bridgehead atoms. The van der Waals surface area contributed by atoms with Crippen molar-refractivity contribution in [2.24, 2.45) is 0 Å². The van der Waals surface area contributed by atoms with Gasteiger partial charge in [-0.3, -0.25) is 9.59 Å². The lowest BCUT2D eigenvalue weighted by Crippen LogP contribution is -2.08. The van der Waals surface area contributed by atoms with Crippen molar-refractivity contribution in [1.82, 2.24) is 0 Å². The molecule has 0 radical (unpaired) electrons. The van der Waals surface area contributed by atoms with Gasteiger partial charge in [0, 0.05) is 0 Å². The van der Waals surface area contributed by atoms with E-state index in [1.54, 1.807) is 6.07 Å². The zero-order valence-electron chi connectivity index (χ0n) is 11.4. The fraction of sp³-hybridized carbons (Fsp3) is 0.111. The van der Waals surface area contributed by atoms with E-state index in [1.807, 2.05) is 30.3 Å². The van der Waals surface area contributed by atoms with Gasteiger partial charge in [0.2, 0.25) is 5.43 Å². The molecule has 0 aliphatic rings.